The lowest BCUT2D eigenvalue weighted by Gasteiger charge is -1.96. The van der Waals surface area contributed by atoms with E-state index in [4.69, 9.17) is 10.4 Å². The molecule has 2 rings (SSSR count). The molecule has 0 saturated carbocycles. The Labute approximate surface area is 95.6 Å². The molecule has 0 bridgehead atoms. The SMILES string of the molecule is N#Cc1c(F)ccc2c(C=CC(=O)O)c[nH]c12. The summed E-state index contributed by atoms with van der Waals surface area (Å²) in [5.41, 5.74) is 0.897. The van der Waals surface area contributed by atoms with Crippen molar-refractivity contribution in [3.05, 3.63) is 41.3 Å². The number of halogens is 1. The lowest BCUT2D eigenvalue weighted by atomic mass is 10.1. The predicted molar refractivity (Wildman–Crippen MR) is 59.6 cm³/mol. The highest BCUT2D eigenvalue weighted by Gasteiger charge is 2.10. The predicted octanol–water partition coefficient (Wildman–Crippen LogP) is 2.28. The van der Waals surface area contributed by atoms with Gasteiger partial charge < -0.3 is 10.1 Å². The molecular weight excluding hydrogens is 223 g/mol. The molecule has 1 aromatic carbocycles. The number of benzene rings is 1. The Hall–Kier alpha value is -2.61. The minimum atomic E-state index is -1.07. The Morgan fingerprint density at radius 3 is 2.94 bits per heavy atom. The topological polar surface area (TPSA) is 76.9 Å². The molecule has 2 aromatic rings. The average molecular weight is 230 g/mol. The molecule has 0 aliphatic rings. The summed E-state index contributed by atoms with van der Waals surface area (Å²) in [5.74, 6) is -1.67. The quantitative estimate of drug-likeness (QED) is 0.777. The number of nitrogens with zero attached hydrogens (tertiary/aromatic N) is 1. The fourth-order valence-electron chi connectivity index (χ4n) is 1.60. The zero-order valence-corrected chi connectivity index (χ0v) is 8.57. The summed E-state index contributed by atoms with van der Waals surface area (Å²) in [5, 5.41) is 18.0. The van der Waals surface area contributed by atoms with E-state index in [9.17, 15) is 9.18 Å². The highest BCUT2D eigenvalue weighted by atomic mass is 19.1. The van der Waals surface area contributed by atoms with Crippen molar-refractivity contribution in [1.82, 2.24) is 4.98 Å². The molecule has 0 amide bonds. The van der Waals surface area contributed by atoms with Gasteiger partial charge in [0.1, 0.15) is 17.4 Å². The van der Waals surface area contributed by atoms with Gasteiger partial charge in [-0.2, -0.15) is 5.26 Å². The van der Waals surface area contributed by atoms with Crippen LogP contribution in [0.4, 0.5) is 4.39 Å². The molecule has 0 saturated heterocycles. The molecule has 84 valence electrons. The van der Waals surface area contributed by atoms with Crippen molar-refractivity contribution in [2.24, 2.45) is 0 Å². The second-order valence-electron chi connectivity index (χ2n) is 3.37. The number of fused-ring (bicyclic) bond motifs is 1. The summed E-state index contributed by atoms with van der Waals surface area (Å²) in [7, 11) is 0. The standard InChI is InChI=1S/C12H7FN2O2/c13-10-3-2-8-7(1-4-11(16)17)6-15-12(8)9(10)5-14/h1-4,6,15H,(H,16,17). The molecule has 0 unspecified atom stereocenters. The highest BCUT2D eigenvalue weighted by molar-refractivity contribution is 5.95. The van der Waals surface area contributed by atoms with Crippen molar-refractivity contribution in [2.45, 2.75) is 0 Å². The summed E-state index contributed by atoms with van der Waals surface area (Å²) >= 11 is 0. The summed E-state index contributed by atoms with van der Waals surface area (Å²) < 4.78 is 13.3. The number of rotatable bonds is 2. The summed E-state index contributed by atoms with van der Waals surface area (Å²) in [6, 6.07) is 4.46. The molecule has 5 heteroatoms. The van der Waals surface area contributed by atoms with Crippen LogP contribution in [0.25, 0.3) is 17.0 Å². The Kier molecular flexibility index (Phi) is 2.63. The number of carbonyl (C=O) groups is 1. The smallest absolute Gasteiger partial charge is 0.328 e. The number of carboxylic acid groups (broad SMARTS) is 1. The van der Waals surface area contributed by atoms with Crippen molar-refractivity contribution in [3.8, 4) is 6.07 Å². The molecule has 17 heavy (non-hydrogen) atoms. The number of nitriles is 1. The Bertz CT molecular complexity index is 665. The Morgan fingerprint density at radius 1 is 1.53 bits per heavy atom. The lowest BCUT2D eigenvalue weighted by Crippen LogP contribution is -1.86. The van der Waals surface area contributed by atoms with Crippen LogP contribution in [0.2, 0.25) is 0 Å². The molecular formula is C12H7FN2O2. The van der Waals surface area contributed by atoms with E-state index >= 15 is 0 Å². The van der Waals surface area contributed by atoms with Crippen LogP contribution in [0.3, 0.4) is 0 Å². The van der Waals surface area contributed by atoms with E-state index in [1.807, 2.05) is 0 Å². The van der Waals surface area contributed by atoms with Crippen molar-refractivity contribution >= 4 is 22.9 Å². The van der Waals surface area contributed by atoms with Crippen molar-refractivity contribution in [2.75, 3.05) is 0 Å². The average Bonchev–Trinajstić information content (AvgIpc) is 2.69. The monoisotopic (exact) mass is 230 g/mol. The van der Waals surface area contributed by atoms with Gasteiger partial charge in [0.25, 0.3) is 0 Å². The minimum Gasteiger partial charge on any atom is -0.478 e. The van der Waals surface area contributed by atoms with Gasteiger partial charge >= 0.3 is 5.97 Å². The molecule has 1 aromatic heterocycles. The number of hydrogen-bond acceptors (Lipinski definition) is 2. The number of hydrogen-bond donors (Lipinski definition) is 2. The first-order valence-corrected chi connectivity index (χ1v) is 4.74. The molecule has 0 atom stereocenters. The maximum absolute atomic E-state index is 13.3. The second kappa shape index (κ2) is 4.10. The van der Waals surface area contributed by atoms with Crippen LogP contribution in [0.1, 0.15) is 11.1 Å². The van der Waals surface area contributed by atoms with E-state index in [0.29, 0.717) is 16.5 Å². The lowest BCUT2D eigenvalue weighted by molar-refractivity contribution is -0.131. The number of aromatic nitrogens is 1. The normalized spacial score (nSPS) is 10.8. The van der Waals surface area contributed by atoms with E-state index in [0.717, 1.165) is 6.08 Å². The number of carboxylic acids is 1. The number of aliphatic carboxylic acids is 1. The van der Waals surface area contributed by atoms with Crippen molar-refractivity contribution in [3.63, 3.8) is 0 Å². The van der Waals surface area contributed by atoms with Crippen LogP contribution in [0, 0.1) is 17.1 Å². The third-order valence-electron chi connectivity index (χ3n) is 2.35. The number of H-pyrrole nitrogens is 1. The van der Waals surface area contributed by atoms with E-state index in [-0.39, 0.29) is 5.56 Å². The number of nitrogens with one attached hydrogen (secondary N) is 1. The Balaban J connectivity index is 2.64. The first-order chi connectivity index (χ1) is 8.13. The second-order valence-corrected chi connectivity index (χ2v) is 3.37. The molecule has 1 heterocycles. The summed E-state index contributed by atoms with van der Waals surface area (Å²) in [4.78, 5) is 13.2. The van der Waals surface area contributed by atoms with Crippen LogP contribution < -0.4 is 0 Å². The van der Waals surface area contributed by atoms with Gasteiger partial charge in [0, 0.05) is 23.2 Å². The maximum Gasteiger partial charge on any atom is 0.328 e. The van der Waals surface area contributed by atoms with Gasteiger partial charge in [0.15, 0.2) is 0 Å². The first kappa shape index (κ1) is 10.9. The molecule has 0 radical (unpaired) electrons. The van der Waals surface area contributed by atoms with Crippen LogP contribution >= 0.6 is 0 Å². The molecule has 0 aliphatic carbocycles. The fraction of sp³-hybridized carbons (Fsp3) is 0. The van der Waals surface area contributed by atoms with Gasteiger partial charge in [-0.3, -0.25) is 0 Å². The van der Waals surface area contributed by atoms with Gasteiger partial charge in [0.2, 0.25) is 0 Å². The van der Waals surface area contributed by atoms with Crippen LogP contribution in [-0.2, 0) is 4.79 Å². The van der Waals surface area contributed by atoms with Crippen LogP contribution in [0.15, 0.2) is 24.4 Å². The van der Waals surface area contributed by atoms with Crippen molar-refractivity contribution < 1.29 is 14.3 Å². The third kappa shape index (κ3) is 1.88. The van der Waals surface area contributed by atoms with Gasteiger partial charge in [-0.15, -0.1) is 0 Å². The molecule has 0 spiro atoms. The first-order valence-electron chi connectivity index (χ1n) is 4.74. The van der Waals surface area contributed by atoms with E-state index in [1.54, 1.807) is 6.07 Å². The van der Waals surface area contributed by atoms with Crippen LogP contribution in [0.5, 0.6) is 0 Å². The van der Waals surface area contributed by atoms with Crippen LogP contribution in [-0.4, -0.2) is 16.1 Å². The minimum absolute atomic E-state index is 0.0718. The van der Waals surface area contributed by atoms with E-state index in [2.05, 4.69) is 4.98 Å². The highest BCUT2D eigenvalue weighted by Crippen LogP contribution is 2.24. The molecule has 2 N–H and O–H groups in total. The van der Waals surface area contributed by atoms with Gasteiger partial charge in [-0.25, -0.2) is 9.18 Å². The van der Waals surface area contributed by atoms with Gasteiger partial charge in [-0.05, 0) is 18.2 Å². The Morgan fingerprint density at radius 2 is 2.29 bits per heavy atom. The molecule has 4 nitrogen and oxygen atoms in total. The van der Waals surface area contributed by atoms with Crippen molar-refractivity contribution in [1.29, 1.82) is 5.26 Å². The maximum atomic E-state index is 13.3. The summed E-state index contributed by atoms with van der Waals surface area (Å²) in [6.07, 6.45) is 3.91. The largest absolute Gasteiger partial charge is 0.478 e. The van der Waals surface area contributed by atoms with E-state index < -0.39 is 11.8 Å². The molecule has 0 aliphatic heterocycles. The fourth-order valence-corrected chi connectivity index (χ4v) is 1.60. The van der Waals surface area contributed by atoms with Gasteiger partial charge in [-0.1, -0.05) is 0 Å². The van der Waals surface area contributed by atoms with E-state index in [1.165, 1.54) is 24.4 Å². The molecule has 0 fully saturated rings. The summed E-state index contributed by atoms with van der Waals surface area (Å²) in [6.45, 7) is 0. The van der Waals surface area contributed by atoms with Gasteiger partial charge in [0.05, 0.1) is 5.52 Å². The third-order valence-corrected chi connectivity index (χ3v) is 2.35. The zero-order valence-electron chi connectivity index (χ0n) is 8.57. The number of aromatic amines is 1. The zero-order chi connectivity index (χ0) is 12.4.